The Labute approximate surface area is 183 Å². The standard InChI is InChI=1S/C20H17Cl2N3O4S/c21-15-7-4-8-18(19(15)22)30(27,28)25-11-9-24(10-12-25)20(26)16-13-17(29-23-16)14-5-2-1-3-6-14/h1-8,13H,9-12H2. The van der Waals surface area contributed by atoms with Gasteiger partial charge < -0.3 is 9.42 Å². The summed E-state index contributed by atoms with van der Waals surface area (Å²) in [6.07, 6.45) is 0. The van der Waals surface area contributed by atoms with Crippen molar-refractivity contribution in [1.82, 2.24) is 14.4 Å². The molecule has 0 bridgehead atoms. The summed E-state index contributed by atoms with van der Waals surface area (Å²) in [5, 5.41) is 4.04. The summed E-state index contributed by atoms with van der Waals surface area (Å²) in [4.78, 5) is 14.3. The topological polar surface area (TPSA) is 83.7 Å². The van der Waals surface area contributed by atoms with Gasteiger partial charge in [-0.25, -0.2) is 8.42 Å². The fourth-order valence-electron chi connectivity index (χ4n) is 3.23. The Balaban J connectivity index is 1.45. The Morgan fingerprint density at radius 1 is 0.967 bits per heavy atom. The van der Waals surface area contributed by atoms with E-state index >= 15 is 0 Å². The first kappa shape index (κ1) is 20.9. The van der Waals surface area contributed by atoms with E-state index in [2.05, 4.69) is 5.16 Å². The van der Waals surface area contributed by atoms with Crippen LogP contribution in [0.4, 0.5) is 0 Å². The van der Waals surface area contributed by atoms with Crippen molar-refractivity contribution >= 4 is 39.1 Å². The van der Waals surface area contributed by atoms with Crippen molar-refractivity contribution in [3.63, 3.8) is 0 Å². The lowest BCUT2D eigenvalue weighted by Crippen LogP contribution is -2.50. The molecule has 4 rings (SSSR count). The van der Waals surface area contributed by atoms with E-state index in [1.54, 1.807) is 11.0 Å². The molecule has 1 fully saturated rings. The molecule has 1 aliphatic rings. The Morgan fingerprint density at radius 3 is 2.37 bits per heavy atom. The van der Waals surface area contributed by atoms with Crippen molar-refractivity contribution in [3.8, 4) is 11.3 Å². The highest BCUT2D eigenvalue weighted by atomic mass is 35.5. The van der Waals surface area contributed by atoms with Crippen LogP contribution in [0.5, 0.6) is 0 Å². The van der Waals surface area contributed by atoms with E-state index in [0.29, 0.717) is 5.76 Å². The van der Waals surface area contributed by atoms with E-state index in [1.165, 1.54) is 22.5 Å². The predicted octanol–water partition coefficient (Wildman–Crippen LogP) is 3.80. The van der Waals surface area contributed by atoms with Crippen LogP contribution in [-0.2, 0) is 10.0 Å². The van der Waals surface area contributed by atoms with Crippen molar-refractivity contribution in [2.24, 2.45) is 0 Å². The molecule has 1 saturated heterocycles. The number of amides is 1. The maximum absolute atomic E-state index is 12.9. The molecule has 0 radical (unpaired) electrons. The maximum Gasteiger partial charge on any atom is 0.276 e. The summed E-state index contributed by atoms with van der Waals surface area (Å²) in [5.74, 6) is 0.189. The van der Waals surface area contributed by atoms with Gasteiger partial charge in [0.2, 0.25) is 10.0 Å². The summed E-state index contributed by atoms with van der Waals surface area (Å²) in [5.41, 5.74) is 1.00. The van der Waals surface area contributed by atoms with Gasteiger partial charge in [-0.1, -0.05) is 64.8 Å². The fraction of sp³-hybridized carbons (Fsp3) is 0.200. The maximum atomic E-state index is 12.9. The molecule has 2 heterocycles. The average molecular weight is 466 g/mol. The largest absolute Gasteiger partial charge is 0.355 e. The molecule has 0 spiro atoms. The number of piperazine rings is 1. The minimum absolute atomic E-state index is 0.00582. The van der Waals surface area contributed by atoms with E-state index in [4.69, 9.17) is 27.7 Å². The zero-order chi connectivity index (χ0) is 21.3. The van der Waals surface area contributed by atoms with Crippen LogP contribution in [0.2, 0.25) is 10.0 Å². The highest BCUT2D eigenvalue weighted by Gasteiger charge is 2.33. The lowest BCUT2D eigenvalue weighted by atomic mass is 10.1. The van der Waals surface area contributed by atoms with E-state index in [-0.39, 0.29) is 52.7 Å². The van der Waals surface area contributed by atoms with Gasteiger partial charge in [-0.3, -0.25) is 4.79 Å². The molecular weight excluding hydrogens is 449 g/mol. The number of carbonyl (C=O) groups is 1. The lowest BCUT2D eigenvalue weighted by Gasteiger charge is -2.33. The van der Waals surface area contributed by atoms with Crippen LogP contribution in [-0.4, -0.2) is 54.9 Å². The van der Waals surface area contributed by atoms with Crippen molar-refractivity contribution in [3.05, 3.63) is 70.3 Å². The van der Waals surface area contributed by atoms with Crippen molar-refractivity contribution < 1.29 is 17.7 Å². The lowest BCUT2D eigenvalue weighted by molar-refractivity contribution is 0.0687. The number of hydrogen-bond donors (Lipinski definition) is 0. The number of nitrogens with zero attached hydrogens (tertiary/aromatic N) is 3. The van der Waals surface area contributed by atoms with Gasteiger partial charge in [0.15, 0.2) is 11.5 Å². The molecule has 0 saturated carbocycles. The predicted molar refractivity (Wildman–Crippen MR) is 113 cm³/mol. The average Bonchev–Trinajstić information content (AvgIpc) is 3.26. The van der Waals surface area contributed by atoms with Gasteiger partial charge in [0, 0.05) is 37.8 Å². The second kappa shape index (κ2) is 8.39. The van der Waals surface area contributed by atoms with Gasteiger partial charge in [-0.15, -0.1) is 0 Å². The molecule has 30 heavy (non-hydrogen) atoms. The number of sulfonamides is 1. The highest BCUT2D eigenvalue weighted by Crippen LogP contribution is 2.31. The van der Waals surface area contributed by atoms with Gasteiger partial charge in [0.1, 0.15) is 4.90 Å². The first-order valence-electron chi connectivity index (χ1n) is 9.13. The zero-order valence-corrected chi connectivity index (χ0v) is 18.0. The van der Waals surface area contributed by atoms with Gasteiger partial charge in [0.05, 0.1) is 10.0 Å². The molecule has 3 aromatic rings. The number of hydrogen-bond acceptors (Lipinski definition) is 5. The van der Waals surface area contributed by atoms with Gasteiger partial charge in [-0.05, 0) is 12.1 Å². The van der Waals surface area contributed by atoms with Gasteiger partial charge >= 0.3 is 0 Å². The van der Waals surface area contributed by atoms with Crippen LogP contribution in [0.1, 0.15) is 10.5 Å². The molecule has 10 heteroatoms. The minimum Gasteiger partial charge on any atom is -0.355 e. The van der Waals surface area contributed by atoms with Crippen molar-refractivity contribution in [2.75, 3.05) is 26.2 Å². The summed E-state index contributed by atoms with van der Waals surface area (Å²) >= 11 is 12.0. The fourth-order valence-corrected chi connectivity index (χ4v) is 5.39. The Morgan fingerprint density at radius 2 is 1.67 bits per heavy atom. The summed E-state index contributed by atoms with van der Waals surface area (Å²) < 4.78 is 32.4. The van der Waals surface area contributed by atoms with E-state index in [1.807, 2.05) is 30.3 Å². The van der Waals surface area contributed by atoms with Crippen LogP contribution in [0.3, 0.4) is 0 Å². The minimum atomic E-state index is -3.82. The number of benzene rings is 2. The first-order valence-corrected chi connectivity index (χ1v) is 11.3. The van der Waals surface area contributed by atoms with E-state index in [0.717, 1.165) is 5.56 Å². The van der Waals surface area contributed by atoms with E-state index < -0.39 is 10.0 Å². The Bertz CT molecular complexity index is 1170. The smallest absolute Gasteiger partial charge is 0.276 e. The molecular formula is C20H17Cl2N3O4S. The van der Waals surface area contributed by atoms with E-state index in [9.17, 15) is 13.2 Å². The first-order chi connectivity index (χ1) is 14.4. The third kappa shape index (κ3) is 3.96. The second-order valence-electron chi connectivity index (χ2n) is 6.69. The van der Waals surface area contributed by atoms with Crippen LogP contribution in [0.25, 0.3) is 11.3 Å². The monoisotopic (exact) mass is 465 g/mol. The third-order valence-electron chi connectivity index (χ3n) is 4.85. The third-order valence-corrected chi connectivity index (χ3v) is 7.72. The SMILES string of the molecule is O=C(c1cc(-c2ccccc2)on1)N1CCN(S(=O)(=O)c2cccc(Cl)c2Cl)CC1. The number of carbonyl (C=O) groups excluding carboxylic acids is 1. The molecule has 0 unspecified atom stereocenters. The molecule has 156 valence electrons. The summed E-state index contributed by atoms with van der Waals surface area (Å²) in [6, 6.07) is 15.4. The molecule has 0 aliphatic carbocycles. The molecule has 1 amide bonds. The zero-order valence-electron chi connectivity index (χ0n) is 15.7. The van der Waals surface area contributed by atoms with Crippen LogP contribution in [0.15, 0.2) is 64.0 Å². The molecule has 2 aromatic carbocycles. The Kier molecular flexibility index (Phi) is 5.84. The molecule has 0 N–H and O–H groups in total. The normalized spacial score (nSPS) is 15.3. The van der Waals surface area contributed by atoms with Crippen molar-refractivity contribution in [2.45, 2.75) is 4.90 Å². The van der Waals surface area contributed by atoms with Crippen molar-refractivity contribution in [1.29, 1.82) is 0 Å². The molecule has 7 nitrogen and oxygen atoms in total. The molecule has 0 atom stereocenters. The van der Waals surface area contributed by atoms with Crippen LogP contribution >= 0.6 is 23.2 Å². The molecule has 1 aliphatic heterocycles. The summed E-state index contributed by atoms with van der Waals surface area (Å²) in [7, 11) is -3.82. The van der Waals surface area contributed by atoms with Crippen LogP contribution < -0.4 is 0 Å². The van der Waals surface area contributed by atoms with Gasteiger partial charge in [0.25, 0.3) is 5.91 Å². The highest BCUT2D eigenvalue weighted by molar-refractivity contribution is 7.89. The number of halogens is 2. The van der Waals surface area contributed by atoms with Crippen LogP contribution in [0, 0.1) is 0 Å². The Hall–Kier alpha value is -2.39. The number of aromatic nitrogens is 1. The second-order valence-corrected chi connectivity index (χ2v) is 9.38. The summed E-state index contributed by atoms with van der Waals surface area (Å²) in [6.45, 7) is 0.730. The van der Waals surface area contributed by atoms with Gasteiger partial charge in [-0.2, -0.15) is 4.31 Å². The molecule has 1 aromatic heterocycles. The number of rotatable bonds is 4. The quantitative estimate of drug-likeness (QED) is 0.584.